The Hall–Kier alpha value is -2.07. The molecule has 4 heteroatoms. The number of rotatable bonds is 6. The first-order chi connectivity index (χ1) is 10.5. The lowest BCUT2D eigenvalue weighted by molar-refractivity contribution is 0.0937. The van der Waals surface area contributed by atoms with E-state index in [0.29, 0.717) is 12.2 Å². The van der Waals surface area contributed by atoms with Crippen molar-refractivity contribution in [3.05, 3.63) is 58.9 Å². The maximum atomic E-state index is 12.2. The van der Waals surface area contributed by atoms with E-state index in [4.69, 9.17) is 0 Å². The molecular weight excluding hydrogens is 274 g/mol. The van der Waals surface area contributed by atoms with Gasteiger partial charge < -0.3 is 15.2 Å². The molecule has 0 spiro atoms. The van der Waals surface area contributed by atoms with E-state index in [-0.39, 0.29) is 11.9 Å². The summed E-state index contributed by atoms with van der Waals surface area (Å²) in [4.78, 5) is 17.5. The number of carbonyl (C=O) groups excluding carboxylic acids is 1. The molecule has 0 bridgehead atoms. The highest BCUT2D eigenvalue weighted by molar-refractivity contribution is 5.92. The van der Waals surface area contributed by atoms with Gasteiger partial charge in [0.2, 0.25) is 0 Å². The fourth-order valence-electron chi connectivity index (χ4n) is 2.45. The summed E-state index contributed by atoms with van der Waals surface area (Å²) in [6.07, 6.45) is 0.900. The number of H-pyrrole nitrogens is 1. The van der Waals surface area contributed by atoms with Crippen molar-refractivity contribution >= 4 is 5.91 Å². The summed E-state index contributed by atoms with van der Waals surface area (Å²) in [7, 11) is 4.06. The van der Waals surface area contributed by atoms with E-state index in [1.54, 1.807) is 0 Å². The molecule has 1 amide bonds. The Morgan fingerprint density at radius 2 is 1.86 bits per heavy atom. The van der Waals surface area contributed by atoms with Crippen LogP contribution in [-0.2, 0) is 6.42 Å². The number of hydrogen-bond acceptors (Lipinski definition) is 2. The van der Waals surface area contributed by atoms with Crippen LogP contribution in [0.25, 0.3) is 0 Å². The molecule has 118 valence electrons. The van der Waals surface area contributed by atoms with Crippen LogP contribution in [0.4, 0.5) is 0 Å². The molecule has 1 heterocycles. The van der Waals surface area contributed by atoms with Crippen LogP contribution in [0.15, 0.2) is 36.4 Å². The van der Waals surface area contributed by atoms with Crippen molar-refractivity contribution in [3.8, 4) is 0 Å². The Labute approximate surface area is 132 Å². The number of hydrogen-bond donors (Lipinski definition) is 2. The van der Waals surface area contributed by atoms with Crippen LogP contribution in [0.1, 0.15) is 40.3 Å². The number of amides is 1. The summed E-state index contributed by atoms with van der Waals surface area (Å²) in [5.41, 5.74) is 4.14. The van der Waals surface area contributed by atoms with E-state index in [0.717, 1.165) is 12.1 Å². The molecule has 0 radical (unpaired) electrons. The summed E-state index contributed by atoms with van der Waals surface area (Å²) in [6, 6.07) is 12.4. The van der Waals surface area contributed by atoms with Gasteiger partial charge in [0.05, 0.1) is 6.04 Å². The van der Waals surface area contributed by atoms with Crippen molar-refractivity contribution in [2.45, 2.75) is 26.3 Å². The summed E-state index contributed by atoms with van der Waals surface area (Å²) in [5.74, 6) is -0.0568. The minimum Gasteiger partial charge on any atom is -0.354 e. The molecule has 1 atom stereocenters. The first-order valence-electron chi connectivity index (χ1n) is 7.70. The molecule has 2 N–H and O–H groups in total. The molecule has 0 aliphatic rings. The molecule has 22 heavy (non-hydrogen) atoms. The van der Waals surface area contributed by atoms with Crippen molar-refractivity contribution < 1.29 is 4.79 Å². The molecule has 0 aliphatic heterocycles. The maximum absolute atomic E-state index is 12.2. The molecule has 4 nitrogen and oxygen atoms in total. The molecule has 0 fully saturated rings. The molecule has 0 saturated heterocycles. The second kappa shape index (κ2) is 7.27. The van der Waals surface area contributed by atoms with Crippen LogP contribution in [0.3, 0.4) is 0 Å². The normalized spacial score (nSPS) is 12.4. The quantitative estimate of drug-likeness (QED) is 0.861. The lowest BCUT2D eigenvalue weighted by atomic mass is 10.0. The Morgan fingerprint density at radius 3 is 2.41 bits per heavy atom. The Bertz CT molecular complexity index is 614. The van der Waals surface area contributed by atoms with E-state index in [9.17, 15) is 4.79 Å². The van der Waals surface area contributed by atoms with Crippen molar-refractivity contribution in [2.75, 3.05) is 20.6 Å². The van der Waals surface area contributed by atoms with Gasteiger partial charge in [-0.1, -0.05) is 36.8 Å². The lowest BCUT2D eigenvalue weighted by Gasteiger charge is -2.25. The summed E-state index contributed by atoms with van der Waals surface area (Å²) < 4.78 is 0. The molecule has 0 aliphatic carbocycles. The number of nitrogens with zero attached hydrogens (tertiary/aromatic N) is 1. The Kier molecular flexibility index (Phi) is 5.39. The highest BCUT2D eigenvalue weighted by Crippen LogP contribution is 2.18. The van der Waals surface area contributed by atoms with Crippen molar-refractivity contribution in [1.29, 1.82) is 0 Å². The summed E-state index contributed by atoms with van der Waals surface area (Å²) >= 11 is 0. The topological polar surface area (TPSA) is 48.1 Å². The number of aryl methyl sites for hydroxylation is 2. The number of aromatic amines is 1. The molecular formula is C18H25N3O. The second-order valence-corrected chi connectivity index (χ2v) is 5.85. The number of likely N-dealkylation sites (N-methyl/N-ethyl adjacent to an activating group) is 1. The number of carbonyl (C=O) groups is 1. The van der Waals surface area contributed by atoms with Crippen LogP contribution in [0.5, 0.6) is 0 Å². The number of nitrogens with one attached hydrogen (secondary N) is 2. The average Bonchev–Trinajstić information content (AvgIpc) is 2.98. The first-order valence-corrected chi connectivity index (χ1v) is 7.70. The van der Waals surface area contributed by atoms with Crippen LogP contribution >= 0.6 is 0 Å². The van der Waals surface area contributed by atoms with Gasteiger partial charge in [-0.2, -0.15) is 0 Å². The first kappa shape index (κ1) is 16.3. The Morgan fingerprint density at radius 1 is 1.18 bits per heavy atom. The number of benzene rings is 1. The highest BCUT2D eigenvalue weighted by atomic mass is 16.1. The molecule has 0 saturated carbocycles. The van der Waals surface area contributed by atoms with E-state index in [1.807, 2.05) is 26.2 Å². The SMILES string of the molecule is CCc1ccc(C(=O)NC[C@H](c2ccc(C)cc2)N(C)C)[nH]1. The van der Waals surface area contributed by atoms with Crippen LogP contribution in [0, 0.1) is 6.92 Å². The molecule has 1 aromatic heterocycles. The van der Waals surface area contributed by atoms with E-state index in [2.05, 4.69) is 53.3 Å². The molecule has 2 aromatic rings. The largest absolute Gasteiger partial charge is 0.354 e. The van der Waals surface area contributed by atoms with Crippen molar-refractivity contribution in [1.82, 2.24) is 15.2 Å². The monoisotopic (exact) mass is 299 g/mol. The van der Waals surface area contributed by atoms with Gasteiger partial charge in [-0.25, -0.2) is 0 Å². The summed E-state index contributed by atoms with van der Waals surface area (Å²) in [6.45, 7) is 4.72. The third-order valence-corrected chi connectivity index (χ3v) is 3.91. The van der Waals surface area contributed by atoms with Crippen molar-refractivity contribution in [3.63, 3.8) is 0 Å². The molecule has 0 unspecified atom stereocenters. The third kappa shape index (κ3) is 3.98. The van der Waals surface area contributed by atoms with Gasteiger partial charge in [0, 0.05) is 12.2 Å². The second-order valence-electron chi connectivity index (χ2n) is 5.85. The zero-order valence-corrected chi connectivity index (χ0v) is 13.8. The van der Waals surface area contributed by atoms with E-state index in [1.165, 1.54) is 11.1 Å². The van der Waals surface area contributed by atoms with Gasteiger partial charge in [0.25, 0.3) is 5.91 Å². The summed E-state index contributed by atoms with van der Waals surface area (Å²) in [5, 5.41) is 3.02. The highest BCUT2D eigenvalue weighted by Gasteiger charge is 2.16. The predicted octanol–water partition coefficient (Wildman–Crippen LogP) is 2.92. The van der Waals surface area contributed by atoms with Gasteiger partial charge in [0.15, 0.2) is 0 Å². The van der Waals surface area contributed by atoms with Crippen LogP contribution < -0.4 is 5.32 Å². The maximum Gasteiger partial charge on any atom is 0.267 e. The minimum absolute atomic E-state index is 0.0568. The fourth-order valence-corrected chi connectivity index (χ4v) is 2.45. The number of aromatic nitrogens is 1. The smallest absolute Gasteiger partial charge is 0.267 e. The van der Waals surface area contributed by atoms with Gasteiger partial charge in [0.1, 0.15) is 5.69 Å². The molecule has 2 rings (SSSR count). The zero-order valence-electron chi connectivity index (χ0n) is 13.8. The van der Waals surface area contributed by atoms with Crippen LogP contribution in [0.2, 0.25) is 0 Å². The van der Waals surface area contributed by atoms with E-state index < -0.39 is 0 Å². The van der Waals surface area contributed by atoms with Gasteiger partial charge in [-0.15, -0.1) is 0 Å². The van der Waals surface area contributed by atoms with Gasteiger partial charge in [-0.05, 0) is 45.1 Å². The molecule has 1 aromatic carbocycles. The zero-order chi connectivity index (χ0) is 16.1. The van der Waals surface area contributed by atoms with Gasteiger partial charge in [-0.3, -0.25) is 4.79 Å². The average molecular weight is 299 g/mol. The minimum atomic E-state index is -0.0568. The van der Waals surface area contributed by atoms with E-state index >= 15 is 0 Å². The van der Waals surface area contributed by atoms with Gasteiger partial charge >= 0.3 is 0 Å². The third-order valence-electron chi connectivity index (χ3n) is 3.91. The lowest BCUT2D eigenvalue weighted by Crippen LogP contribution is -2.34. The standard InChI is InChI=1S/C18H25N3O/c1-5-15-10-11-16(20-15)18(22)19-12-17(21(3)4)14-8-6-13(2)7-9-14/h6-11,17,20H,5,12H2,1-4H3,(H,19,22)/t17-/m1/s1. The Balaban J connectivity index is 2.02. The van der Waals surface area contributed by atoms with Crippen LogP contribution in [-0.4, -0.2) is 36.4 Å². The fraction of sp³-hybridized carbons (Fsp3) is 0.389. The van der Waals surface area contributed by atoms with Crippen molar-refractivity contribution in [2.24, 2.45) is 0 Å². The predicted molar refractivity (Wildman–Crippen MR) is 90.1 cm³/mol.